The Bertz CT molecular complexity index is 673. The SMILES string of the molecule is CCN1C(=O)/C(=C\c2cccc(OC)c2)C(C(=O)OC)=C1C. The topological polar surface area (TPSA) is 55.8 Å². The highest BCUT2D eigenvalue weighted by Crippen LogP contribution is 2.31. The van der Waals surface area contributed by atoms with E-state index in [-0.39, 0.29) is 5.91 Å². The van der Waals surface area contributed by atoms with Crippen LogP contribution in [0.1, 0.15) is 19.4 Å². The fraction of sp³-hybridized carbons (Fsp3) is 0.294. The predicted molar refractivity (Wildman–Crippen MR) is 83.1 cm³/mol. The Morgan fingerprint density at radius 1 is 1.32 bits per heavy atom. The summed E-state index contributed by atoms with van der Waals surface area (Å²) in [5.41, 5.74) is 2.07. The Labute approximate surface area is 129 Å². The van der Waals surface area contributed by atoms with Crippen molar-refractivity contribution < 1.29 is 19.1 Å². The van der Waals surface area contributed by atoms with Gasteiger partial charge in [-0.1, -0.05) is 12.1 Å². The maximum Gasteiger partial charge on any atom is 0.340 e. The summed E-state index contributed by atoms with van der Waals surface area (Å²) in [5, 5.41) is 0. The lowest BCUT2D eigenvalue weighted by Crippen LogP contribution is -2.24. The van der Waals surface area contributed by atoms with Gasteiger partial charge in [-0.3, -0.25) is 4.79 Å². The normalized spacial score (nSPS) is 16.5. The highest BCUT2D eigenvalue weighted by molar-refractivity contribution is 6.16. The Morgan fingerprint density at radius 3 is 2.64 bits per heavy atom. The molecule has 0 spiro atoms. The van der Waals surface area contributed by atoms with Crippen LogP contribution in [0, 0.1) is 0 Å². The molecule has 0 aromatic heterocycles. The van der Waals surface area contributed by atoms with Crippen molar-refractivity contribution in [2.75, 3.05) is 20.8 Å². The van der Waals surface area contributed by atoms with Gasteiger partial charge in [0.2, 0.25) is 0 Å². The van der Waals surface area contributed by atoms with Crippen molar-refractivity contribution in [1.82, 2.24) is 4.90 Å². The van der Waals surface area contributed by atoms with E-state index in [4.69, 9.17) is 9.47 Å². The molecule has 2 rings (SSSR count). The lowest BCUT2D eigenvalue weighted by molar-refractivity contribution is -0.136. The van der Waals surface area contributed by atoms with E-state index in [1.807, 2.05) is 25.1 Å². The van der Waals surface area contributed by atoms with Gasteiger partial charge in [-0.05, 0) is 37.6 Å². The van der Waals surface area contributed by atoms with Crippen LogP contribution < -0.4 is 4.74 Å². The fourth-order valence-corrected chi connectivity index (χ4v) is 2.51. The first kappa shape index (κ1) is 15.8. The van der Waals surface area contributed by atoms with Gasteiger partial charge in [-0.25, -0.2) is 4.79 Å². The van der Waals surface area contributed by atoms with Crippen LogP contribution in [0.25, 0.3) is 6.08 Å². The summed E-state index contributed by atoms with van der Waals surface area (Å²) in [6.45, 7) is 4.12. The first-order valence-corrected chi connectivity index (χ1v) is 7.00. The number of rotatable bonds is 4. The molecule has 1 aliphatic heterocycles. The number of carbonyl (C=O) groups excluding carboxylic acids is 2. The summed E-state index contributed by atoms with van der Waals surface area (Å²) in [7, 11) is 2.89. The third kappa shape index (κ3) is 2.74. The number of hydrogen-bond donors (Lipinski definition) is 0. The van der Waals surface area contributed by atoms with Crippen molar-refractivity contribution in [2.24, 2.45) is 0 Å². The average Bonchev–Trinajstić information content (AvgIpc) is 2.77. The van der Waals surface area contributed by atoms with Gasteiger partial charge >= 0.3 is 5.97 Å². The first-order chi connectivity index (χ1) is 10.5. The standard InChI is InChI=1S/C17H19NO4/c1-5-18-11(2)15(17(20)22-4)14(16(18)19)10-12-7-6-8-13(9-12)21-3/h6-10H,5H2,1-4H3/b14-10-. The number of methoxy groups -OCH3 is 2. The van der Waals surface area contributed by atoms with Crippen LogP contribution in [-0.4, -0.2) is 37.5 Å². The van der Waals surface area contributed by atoms with Gasteiger partial charge in [-0.2, -0.15) is 0 Å². The molecule has 1 aromatic carbocycles. The molecule has 0 atom stereocenters. The van der Waals surface area contributed by atoms with Gasteiger partial charge in [0.1, 0.15) is 5.75 Å². The number of allylic oxidation sites excluding steroid dienone is 1. The number of ether oxygens (including phenoxy) is 2. The molecule has 0 unspecified atom stereocenters. The third-order valence-corrected chi connectivity index (χ3v) is 3.62. The van der Waals surface area contributed by atoms with Gasteiger partial charge in [0.05, 0.1) is 25.4 Å². The van der Waals surface area contributed by atoms with Gasteiger partial charge in [0, 0.05) is 12.2 Å². The smallest absolute Gasteiger partial charge is 0.340 e. The van der Waals surface area contributed by atoms with E-state index in [0.717, 1.165) is 5.56 Å². The lowest BCUT2D eigenvalue weighted by Gasteiger charge is -2.14. The summed E-state index contributed by atoms with van der Waals surface area (Å²) in [4.78, 5) is 26.1. The Morgan fingerprint density at radius 2 is 2.05 bits per heavy atom. The highest BCUT2D eigenvalue weighted by Gasteiger charge is 2.36. The van der Waals surface area contributed by atoms with Gasteiger partial charge in [0.15, 0.2) is 0 Å². The minimum absolute atomic E-state index is 0.191. The van der Waals surface area contributed by atoms with Crippen molar-refractivity contribution in [3.05, 3.63) is 46.7 Å². The molecule has 1 amide bonds. The molecule has 1 aromatic rings. The molecule has 0 saturated heterocycles. The van der Waals surface area contributed by atoms with Crippen molar-refractivity contribution in [2.45, 2.75) is 13.8 Å². The molecule has 1 aliphatic rings. The third-order valence-electron chi connectivity index (χ3n) is 3.62. The molecule has 22 heavy (non-hydrogen) atoms. The number of nitrogens with zero attached hydrogens (tertiary/aromatic N) is 1. The zero-order chi connectivity index (χ0) is 16.3. The van der Waals surface area contributed by atoms with Crippen molar-refractivity contribution in [3.8, 4) is 5.75 Å². The van der Waals surface area contributed by atoms with Gasteiger partial charge in [-0.15, -0.1) is 0 Å². The fourth-order valence-electron chi connectivity index (χ4n) is 2.51. The second-order valence-corrected chi connectivity index (χ2v) is 4.84. The molecule has 0 aliphatic carbocycles. The van der Waals surface area contributed by atoms with Crippen LogP contribution in [0.2, 0.25) is 0 Å². The Balaban J connectivity index is 2.53. The van der Waals surface area contributed by atoms with Crippen LogP contribution in [-0.2, 0) is 14.3 Å². The molecule has 0 saturated carbocycles. The molecule has 5 heteroatoms. The highest BCUT2D eigenvalue weighted by atomic mass is 16.5. The molecule has 0 N–H and O–H groups in total. The molecular weight excluding hydrogens is 282 g/mol. The minimum atomic E-state index is -0.504. The summed E-state index contributed by atoms with van der Waals surface area (Å²) < 4.78 is 9.99. The molecule has 5 nitrogen and oxygen atoms in total. The lowest BCUT2D eigenvalue weighted by atomic mass is 10.0. The number of likely N-dealkylation sites (N-methyl/N-ethyl adjacent to an activating group) is 1. The maximum absolute atomic E-state index is 12.5. The van der Waals surface area contributed by atoms with E-state index in [2.05, 4.69) is 0 Å². The van der Waals surface area contributed by atoms with E-state index in [1.54, 1.807) is 31.1 Å². The van der Waals surface area contributed by atoms with E-state index in [1.165, 1.54) is 7.11 Å². The number of esters is 1. The largest absolute Gasteiger partial charge is 0.497 e. The monoisotopic (exact) mass is 301 g/mol. The van der Waals surface area contributed by atoms with Crippen molar-refractivity contribution >= 4 is 18.0 Å². The van der Waals surface area contributed by atoms with E-state index in [0.29, 0.717) is 29.1 Å². The molecule has 0 fully saturated rings. The number of benzene rings is 1. The summed E-state index contributed by atoms with van der Waals surface area (Å²) in [6, 6.07) is 7.30. The molecular formula is C17H19NO4. The number of carbonyl (C=O) groups is 2. The van der Waals surface area contributed by atoms with Crippen LogP contribution in [0.3, 0.4) is 0 Å². The van der Waals surface area contributed by atoms with E-state index in [9.17, 15) is 9.59 Å². The molecule has 0 radical (unpaired) electrons. The van der Waals surface area contributed by atoms with Crippen molar-refractivity contribution in [3.63, 3.8) is 0 Å². The Hall–Kier alpha value is -2.56. The number of hydrogen-bond acceptors (Lipinski definition) is 4. The number of amides is 1. The predicted octanol–water partition coefficient (Wildman–Crippen LogP) is 2.39. The second kappa shape index (κ2) is 6.47. The zero-order valence-corrected chi connectivity index (χ0v) is 13.2. The van der Waals surface area contributed by atoms with E-state index < -0.39 is 5.97 Å². The molecule has 1 heterocycles. The van der Waals surface area contributed by atoms with Crippen LogP contribution >= 0.6 is 0 Å². The van der Waals surface area contributed by atoms with Crippen LogP contribution in [0.4, 0.5) is 0 Å². The Kier molecular flexibility index (Phi) is 4.65. The van der Waals surface area contributed by atoms with Gasteiger partial charge in [0.25, 0.3) is 5.91 Å². The molecule has 116 valence electrons. The zero-order valence-electron chi connectivity index (χ0n) is 13.2. The van der Waals surface area contributed by atoms with E-state index >= 15 is 0 Å². The first-order valence-electron chi connectivity index (χ1n) is 7.00. The van der Waals surface area contributed by atoms with Gasteiger partial charge < -0.3 is 14.4 Å². The van der Waals surface area contributed by atoms with Crippen LogP contribution in [0.15, 0.2) is 41.1 Å². The summed E-state index contributed by atoms with van der Waals surface area (Å²) >= 11 is 0. The maximum atomic E-state index is 12.5. The van der Waals surface area contributed by atoms with Crippen LogP contribution in [0.5, 0.6) is 5.75 Å². The summed E-state index contributed by atoms with van der Waals surface area (Å²) in [6.07, 6.45) is 1.69. The average molecular weight is 301 g/mol. The summed E-state index contributed by atoms with van der Waals surface area (Å²) in [5.74, 6) is -0.00775. The van der Waals surface area contributed by atoms with Crippen molar-refractivity contribution in [1.29, 1.82) is 0 Å². The quantitative estimate of drug-likeness (QED) is 0.633. The molecule has 0 bridgehead atoms. The minimum Gasteiger partial charge on any atom is -0.497 e. The second-order valence-electron chi connectivity index (χ2n) is 4.84.